The van der Waals surface area contributed by atoms with E-state index >= 15 is 0 Å². The number of piperidine rings is 1. The fourth-order valence-corrected chi connectivity index (χ4v) is 1.89. The molecule has 1 saturated heterocycles. The van der Waals surface area contributed by atoms with Crippen LogP contribution in [0, 0.1) is 0 Å². The van der Waals surface area contributed by atoms with Gasteiger partial charge in [0.2, 0.25) is 5.88 Å². The van der Waals surface area contributed by atoms with E-state index in [4.69, 9.17) is 4.74 Å². The molecule has 1 aliphatic heterocycles. The number of ether oxygens (including phenoxy) is 1. The van der Waals surface area contributed by atoms with Gasteiger partial charge in [-0.3, -0.25) is 0 Å². The fourth-order valence-electron chi connectivity index (χ4n) is 1.89. The second-order valence-corrected chi connectivity index (χ2v) is 3.68. The van der Waals surface area contributed by atoms with E-state index in [0.29, 0.717) is 11.8 Å². The predicted octanol–water partition coefficient (Wildman–Crippen LogP) is 1.56. The summed E-state index contributed by atoms with van der Waals surface area (Å²) in [5.41, 5.74) is 1.32. The maximum Gasteiger partial charge on any atom is 0.212 e. The summed E-state index contributed by atoms with van der Waals surface area (Å²) in [6.07, 6.45) is 4.45. The number of pyridine rings is 1. The van der Waals surface area contributed by atoms with Crippen molar-refractivity contribution in [3.63, 3.8) is 0 Å². The van der Waals surface area contributed by atoms with Gasteiger partial charge >= 0.3 is 0 Å². The lowest BCUT2D eigenvalue weighted by Gasteiger charge is -2.22. The molecule has 0 aromatic carbocycles. The minimum absolute atomic E-state index is 0.627. The molecule has 0 amide bonds. The van der Waals surface area contributed by atoms with Gasteiger partial charge in [-0.2, -0.15) is 0 Å². The second-order valence-electron chi connectivity index (χ2n) is 3.68. The van der Waals surface area contributed by atoms with Gasteiger partial charge in [-0.05, 0) is 30.9 Å². The molecule has 76 valence electrons. The Morgan fingerprint density at radius 1 is 1.50 bits per heavy atom. The summed E-state index contributed by atoms with van der Waals surface area (Å²) in [4.78, 5) is 4.22. The van der Waals surface area contributed by atoms with Crippen LogP contribution in [0.5, 0.6) is 5.88 Å². The third kappa shape index (κ3) is 2.04. The van der Waals surface area contributed by atoms with Crippen molar-refractivity contribution in [2.75, 3.05) is 20.2 Å². The summed E-state index contributed by atoms with van der Waals surface area (Å²) in [7, 11) is 1.64. The molecule has 14 heavy (non-hydrogen) atoms. The molecular weight excluding hydrogens is 176 g/mol. The zero-order valence-electron chi connectivity index (χ0n) is 8.49. The molecule has 1 unspecified atom stereocenters. The first kappa shape index (κ1) is 9.46. The largest absolute Gasteiger partial charge is 0.481 e. The lowest BCUT2D eigenvalue weighted by molar-refractivity contribution is 0.396. The Morgan fingerprint density at radius 3 is 3.00 bits per heavy atom. The topological polar surface area (TPSA) is 34.1 Å². The van der Waals surface area contributed by atoms with Crippen LogP contribution in [0.1, 0.15) is 24.3 Å². The van der Waals surface area contributed by atoms with E-state index < -0.39 is 0 Å². The molecule has 2 rings (SSSR count). The van der Waals surface area contributed by atoms with Gasteiger partial charge in [0.25, 0.3) is 0 Å². The smallest absolute Gasteiger partial charge is 0.212 e. The molecule has 0 aliphatic carbocycles. The van der Waals surface area contributed by atoms with Crippen molar-refractivity contribution in [1.82, 2.24) is 10.3 Å². The van der Waals surface area contributed by atoms with Gasteiger partial charge in [0.15, 0.2) is 0 Å². The van der Waals surface area contributed by atoms with E-state index in [2.05, 4.69) is 16.4 Å². The molecule has 0 bridgehead atoms. The van der Waals surface area contributed by atoms with Crippen molar-refractivity contribution in [1.29, 1.82) is 0 Å². The van der Waals surface area contributed by atoms with Crippen LogP contribution in [-0.2, 0) is 0 Å². The highest BCUT2D eigenvalue weighted by atomic mass is 16.5. The van der Waals surface area contributed by atoms with E-state index in [0.717, 1.165) is 13.1 Å². The highest BCUT2D eigenvalue weighted by Crippen LogP contribution is 2.23. The molecular formula is C11H16N2O. The minimum atomic E-state index is 0.627. The first-order chi connectivity index (χ1) is 6.90. The Morgan fingerprint density at radius 2 is 2.43 bits per heavy atom. The molecule has 2 heterocycles. The highest BCUT2D eigenvalue weighted by Gasteiger charge is 2.14. The first-order valence-corrected chi connectivity index (χ1v) is 5.11. The monoisotopic (exact) mass is 192 g/mol. The molecule has 1 aromatic heterocycles. The standard InChI is InChI=1S/C11H16N2O/c1-14-11-5-4-10(8-13-11)9-3-2-6-12-7-9/h4-5,8-9,12H,2-3,6-7H2,1H3. The summed E-state index contributed by atoms with van der Waals surface area (Å²) >= 11 is 0. The Kier molecular flexibility index (Phi) is 2.99. The van der Waals surface area contributed by atoms with Gasteiger partial charge < -0.3 is 10.1 Å². The van der Waals surface area contributed by atoms with Crippen LogP contribution in [-0.4, -0.2) is 25.2 Å². The van der Waals surface area contributed by atoms with Crippen LogP contribution in [0.15, 0.2) is 18.3 Å². The van der Waals surface area contributed by atoms with Crippen molar-refractivity contribution < 1.29 is 4.74 Å². The average molecular weight is 192 g/mol. The molecule has 0 spiro atoms. The van der Waals surface area contributed by atoms with Crippen molar-refractivity contribution >= 4 is 0 Å². The summed E-state index contributed by atoms with van der Waals surface area (Å²) in [5, 5.41) is 3.40. The molecule has 0 saturated carbocycles. The summed E-state index contributed by atoms with van der Waals surface area (Å²) < 4.78 is 5.03. The zero-order valence-corrected chi connectivity index (χ0v) is 8.49. The number of hydrogen-bond acceptors (Lipinski definition) is 3. The quantitative estimate of drug-likeness (QED) is 0.772. The van der Waals surface area contributed by atoms with E-state index in [1.165, 1.54) is 18.4 Å². The van der Waals surface area contributed by atoms with Gasteiger partial charge in [0.1, 0.15) is 0 Å². The lowest BCUT2D eigenvalue weighted by atomic mass is 9.93. The van der Waals surface area contributed by atoms with Crippen molar-refractivity contribution in [2.45, 2.75) is 18.8 Å². The Labute approximate surface area is 84.5 Å². The van der Waals surface area contributed by atoms with Crippen molar-refractivity contribution in [2.24, 2.45) is 0 Å². The van der Waals surface area contributed by atoms with Crippen molar-refractivity contribution in [3.8, 4) is 5.88 Å². The normalized spacial score (nSPS) is 21.9. The van der Waals surface area contributed by atoms with Gasteiger partial charge in [0, 0.05) is 18.8 Å². The molecule has 1 fully saturated rings. The Bertz CT molecular complexity index is 278. The molecule has 1 aromatic rings. The maximum absolute atomic E-state index is 5.03. The van der Waals surface area contributed by atoms with Crippen molar-refractivity contribution in [3.05, 3.63) is 23.9 Å². The van der Waals surface area contributed by atoms with Crippen LogP contribution in [0.3, 0.4) is 0 Å². The fraction of sp³-hybridized carbons (Fsp3) is 0.545. The van der Waals surface area contributed by atoms with E-state index in [1.54, 1.807) is 7.11 Å². The minimum Gasteiger partial charge on any atom is -0.481 e. The van der Waals surface area contributed by atoms with Crippen LogP contribution in [0.2, 0.25) is 0 Å². The van der Waals surface area contributed by atoms with Gasteiger partial charge in [-0.15, -0.1) is 0 Å². The number of nitrogens with one attached hydrogen (secondary N) is 1. The number of hydrogen-bond donors (Lipinski definition) is 1. The SMILES string of the molecule is COc1ccc(C2CCCNC2)cn1. The molecule has 0 radical (unpaired) electrons. The zero-order chi connectivity index (χ0) is 9.80. The predicted molar refractivity (Wildman–Crippen MR) is 55.6 cm³/mol. The number of nitrogens with zero attached hydrogens (tertiary/aromatic N) is 1. The van der Waals surface area contributed by atoms with E-state index in [1.807, 2.05) is 12.3 Å². The van der Waals surface area contributed by atoms with E-state index in [-0.39, 0.29) is 0 Å². The van der Waals surface area contributed by atoms with Gasteiger partial charge in [0.05, 0.1) is 7.11 Å². The third-order valence-corrected chi connectivity index (χ3v) is 2.74. The molecule has 1 N–H and O–H groups in total. The summed E-state index contributed by atoms with van der Waals surface area (Å²) in [6.45, 7) is 2.23. The Balaban J connectivity index is 2.07. The average Bonchev–Trinajstić information content (AvgIpc) is 2.30. The summed E-state index contributed by atoms with van der Waals surface area (Å²) in [6, 6.07) is 4.05. The van der Waals surface area contributed by atoms with E-state index in [9.17, 15) is 0 Å². The molecule has 3 nitrogen and oxygen atoms in total. The van der Waals surface area contributed by atoms with Crippen LogP contribution >= 0.6 is 0 Å². The van der Waals surface area contributed by atoms with Crippen LogP contribution < -0.4 is 10.1 Å². The Hall–Kier alpha value is -1.09. The molecule has 1 aliphatic rings. The highest BCUT2D eigenvalue weighted by molar-refractivity contribution is 5.21. The third-order valence-electron chi connectivity index (χ3n) is 2.74. The summed E-state index contributed by atoms with van der Waals surface area (Å²) in [5.74, 6) is 1.32. The maximum atomic E-state index is 5.03. The molecule has 3 heteroatoms. The number of rotatable bonds is 2. The van der Waals surface area contributed by atoms with Gasteiger partial charge in [-0.1, -0.05) is 6.07 Å². The second kappa shape index (κ2) is 4.42. The number of methoxy groups -OCH3 is 1. The van der Waals surface area contributed by atoms with Crippen LogP contribution in [0.4, 0.5) is 0 Å². The first-order valence-electron chi connectivity index (χ1n) is 5.11. The number of aromatic nitrogens is 1. The molecule has 1 atom stereocenters. The van der Waals surface area contributed by atoms with Gasteiger partial charge in [-0.25, -0.2) is 4.98 Å². The van der Waals surface area contributed by atoms with Crippen LogP contribution in [0.25, 0.3) is 0 Å². The lowest BCUT2D eigenvalue weighted by Crippen LogP contribution is -2.28.